The van der Waals surface area contributed by atoms with Gasteiger partial charge in [-0.05, 0) is 6.42 Å². The van der Waals surface area contributed by atoms with Crippen molar-refractivity contribution in [2.45, 2.75) is 13.3 Å². The highest BCUT2D eigenvalue weighted by Gasteiger charge is 2.30. The van der Waals surface area contributed by atoms with Gasteiger partial charge in [0.2, 0.25) is 11.6 Å². The van der Waals surface area contributed by atoms with Crippen molar-refractivity contribution >= 4 is 46.4 Å². The summed E-state index contributed by atoms with van der Waals surface area (Å²) in [6.07, 6.45) is 0.365. The number of ketones is 2. The van der Waals surface area contributed by atoms with Gasteiger partial charge in [-0.25, -0.2) is 0 Å². The van der Waals surface area contributed by atoms with Crippen LogP contribution in [-0.2, 0) is 9.59 Å². The van der Waals surface area contributed by atoms with Crippen LogP contribution in [0, 0.1) is 0 Å². The van der Waals surface area contributed by atoms with Crippen LogP contribution in [0.25, 0.3) is 0 Å². The Morgan fingerprint density at radius 3 is 1.85 bits per heavy atom. The first-order chi connectivity index (χ1) is 6.00. The fourth-order valence-electron chi connectivity index (χ4n) is 0.981. The number of hydrogen-bond donors (Lipinski definition) is 0. The molecule has 0 unspecified atom stereocenters. The third kappa shape index (κ3) is 1.66. The van der Waals surface area contributed by atoms with E-state index in [0.29, 0.717) is 6.42 Å². The summed E-state index contributed by atoms with van der Waals surface area (Å²) in [5.41, 5.74) is 0.223. The van der Waals surface area contributed by atoms with E-state index < -0.39 is 11.6 Å². The first-order valence-corrected chi connectivity index (χ1v) is 4.67. The maximum absolute atomic E-state index is 11.4. The van der Waals surface area contributed by atoms with Crippen LogP contribution in [0.5, 0.6) is 0 Å². The lowest BCUT2D eigenvalue weighted by Crippen LogP contribution is -2.17. The van der Waals surface area contributed by atoms with E-state index in [4.69, 9.17) is 34.8 Å². The smallest absolute Gasteiger partial charge is 0.217 e. The van der Waals surface area contributed by atoms with Gasteiger partial charge in [-0.2, -0.15) is 0 Å². The molecule has 0 aromatic rings. The van der Waals surface area contributed by atoms with Crippen LogP contribution < -0.4 is 0 Å². The Bertz CT molecular complexity index is 352. The first-order valence-electron chi connectivity index (χ1n) is 3.54. The molecule has 0 bridgehead atoms. The number of carbonyl (C=O) groups excluding carboxylic acids is 2. The molecule has 0 aliphatic heterocycles. The fourth-order valence-corrected chi connectivity index (χ4v) is 1.72. The van der Waals surface area contributed by atoms with Crippen LogP contribution in [-0.4, -0.2) is 11.6 Å². The highest BCUT2D eigenvalue weighted by molar-refractivity contribution is 6.64. The van der Waals surface area contributed by atoms with Crippen molar-refractivity contribution in [3.05, 3.63) is 20.7 Å². The maximum Gasteiger partial charge on any atom is 0.217 e. The quantitative estimate of drug-likeness (QED) is 0.659. The molecule has 70 valence electrons. The summed E-state index contributed by atoms with van der Waals surface area (Å²) in [4.78, 5) is 22.6. The molecular formula is C8H5Cl3O2. The Morgan fingerprint density at radius 1 is 0.923 bits per heavy atom. The summed E-state index contributed by atoms with van der Waals surface area (Å²) in [6, 6.07) is 0. The van der Waals surface area contributed by atoms with Crippen molar-refractivity contribution in [1.82, 2.24) is 0 Å². The van der Waals surface area contributed by atoms with Gasteiger partial charge in [-0.3, -0.25) is 9.59 Å². The lowest BCUT2D eigenvalue weighted by atomic mass is 10.0. The average molecular weight is 239 g/mol. The van der Waals surface area contributed by atoms with Gasteiger partial charge in [-0.15, -0.1) is 0 Å². The normalized spacial score (nSPS) is 18.8. The largest absolute Gasteiger partial charge is 0.288 e. The number of rotatable bonds is 1. The molecule has 1 aliphatic carbocycles. The fraction of sp³-hybridized carbons (Fsp3) is 0.250. The second-order valence-corrected chi connectivity index (χ2v) is 3.57. The lowest BCUT2D eigenvalue weighted by molar-refractivity contribution is -0.115. The van der Waals surface area contributed by atoms with Gasteiger partial charge in [0.05, 0.1) is 5.03 Å². The van der Waals surface area contributed by atoms with Crippen molar-refractivity contribution in [1.29, 1.82) is 0 Å². The third-order valence-corrected chi connectivity index (χ3v) is 2.90. The molecule has 0 amide bonds. The highest BCUT2D eigenvalue weighted by Crippen LogP contribution is 2.32. The minimum absolute atomic E-state index is 0.123. The van der Waals surface area contributed by atoms with Crippen molar-refractivity contribution in [2.24, 2.45) is 0 Å². The van der Waals surface area contributed by atoms with E-state index in [1.54, 1.807) is 6.92 Å². The number of Topliss-reactive ketones (excluding diaryl/α,β-unsaturated/α-hetero) is 2. The molecule has 2 nitrogen and oxygen atoms in total. The minimum Gasteiger partial charge on any atom is -0.288 e. The number of carbonyl (C=O) groups is 2. The van der Waals surface area contributed by atoms with E-state index in [2.05, 4.69) is 0 Å². The van der Waals surface area contributed by atoms with Crippen molar-refractivity contribution in [2.75, 3.05) is 0 Å². The molecule has 0 aromatic heterocycles. The molecule has 0 N–H and O–H groups in total. The molecule has 5 heteroatoms. The summed E-state index contributed by atoms with van der Waals surface area (Å²) in [6.45, 7) is 1.71. The Hall–Kier alpha value is -0.310. The van der Waals surface area contributed by atoms with Gasteiger partial charge in [0, 0.05) is 5.57 Å². The van der Waals surface area contributed by atoms with Crippen LogP contribution in [0.1, 0.15) is 13.3 Å². The van der Waals surface area contributed by atoms with Crippen LogP contribution >= 0.6 is 34.8 Å². The van der Waals surface area contributed by atoms with E-state index in [1.807, 2.05) is 0 Å². The summed E-state index contributed by atoms with van der Waals surface area (Å²) in [5, 5.41) is -0.663. The second kappa shape index (κ2) is 3.82. The van der Waals surface area contributed by atoms with E-state index in [1.165, 1.54) is 0 Å². The molecule has 1 aliphatic rings. The molecule has 1 rings (SSSR count). The number of allylic oxidation sites excluding steroid dienone is 4. The van der Waals surface area contributed by atoms with Crippen LogP contribution in [0.2, 0.25) is 0 Å². The van der Waals surface area contributed by atoms with Crippen molar-refractivity contribution in [3.63, 3.8) is 0 Å². The monoisotopic (exact) mass is 238 g/mol. The number of hydrogen-bond acceptors (Lipinski definition) is 2. The predicted octanol–water partition coefficient (Wildman–Crippen LogP) is 2.73. The lowest BCUT2D eigenvalue weighted by Gasteiger charge is -2.12. The average Bonchev–Trinajstić information content (AvgIpc) is 2.13. The molecule has 13 heavy (non-hydrogen) atoms. The predicted molar refractivity (Wildman–Crippen MR) is 51.9 cm³/mol. The van der Waals surface area contributed by atoms with Gasteiger partial charge in [0.15, 0.2) is 0 Å². The van der Waals surface area contributed by atoms with E-state index in [9.17, 15) is 9.59 Å². The standard InChI is InChI=1S/C8H5Cl3O2/c1-2-3-4(9)8(13)6(11)5(10)7(3)12/h2H2,1H3. The zero-order valence-electron chi connectivity index (χ0n) is 6.66. The van der Waals surface area contributed by atoms with E-state index >= 15 is 0 Å². The summed E-state index contributed by atoms with van der Waals surface area (Å²) in [7, 11) is 0. The van der Waals surface area contributed by atoms with Gasteiger partial charge in [0.25, 0.3) is 0 Å². The Labute approximate surface area is 90.1 Å². The summed E-state index contributed by atoms with van der Waals surface area (Å²) >= 11 is 16.6. The van der Waals surface area contributed by atoms with Crippen molar-refractivity contribution < 1.29 is 9.59 Å². The molecule has 0 aromatic carbocycles. The molecule has 0 atom stereocenters. The summed E-state index contributed by atoms with van der Waals surface area (Å²) in [5.74, 6) is -1.04. The zero-order chi connectivity index (χ0) is 10.2. The molecule has 0 fully saturated rings. The van der Waals surface area contributed by atoms with Gasteiger partial charge in [-0.1, -0.05) is 41.7 Å². The van der Waals surface area contributed by atoms with Gasteiger partial charge in [0.1, 0.15) is 10.1 Å². The molecule has 0 heterocycles. The molecule has 0 radical (unpaired) electrons. The van der Waals surface area contributed by atoms with Gasteiger partial charge >= 0.3 is 0 Å². The SMILES string of the molecule is CCC1=C(Cl)C(=O)C(Cl)=C(Cl)C1=O. The topological polar surface area (TPSA) is 34.1 Å². The van der Waals surface area contributed by atoms with Gasteiger partial charge < -0.3 is 0 Å². The first kappa shape index (κ1) is 10.8. The zero-order valence-corrected chi connectivity index (χ0v) is 8.93. The second-order valence-electron chi connectivity index (χ2n) is 2.43. The molecule has 0 saturated heterocycles. The minimum atomic E-state index is -0.579. The Balaban J connectivity index is 3.29. The summed E-state index contributed by atoms with van der Waals surface area (Å²) < 4.78 is 0. The Kier molecular flexibility index (Phi) is 3.17. The maximum atomic E-state index is 11.4. The molecular weight excluding hydrogens is 234 g/mol. The van der Waals surface area contributed by atoms with E-state index in [-0.39, 0.29) is 20.7 Å². The Morgan fingerprint density at radius 2 is 1.38 bits per heavy atom. The van der Waals surface area contributed by atoms with E-state index in [0.717, 1.165) is 0 Å². The molecule has 0 spiro atoms. The number of halogens is 3. The third-order valence-electron chi connectivity index (χ3n) is 1.68. The van der Waals surface area contributed by atoms with Crippen molar-refractivity contribution in [3.8, 4) is 0 Å². The van der Waals surface area contributed by atoms with Crippen LogP contribution in [0.4, 0.5) is 0 Å². The highest BCUT2D eigenvalue weighted by atomic mass is 35.5. The van der Waals surface area contributed by atoms with Crippen LogP contribution in [0.3, 0.4) is 0 Å². The van der Waals surface area contributed by atoms with Crippen LogP contribution in [0.15, 0.2) is 20.7 Å². The molecule has 0 saturated carbocycles.